The van der Waals surface area contributed by atoms with Gasteiger partial charge in [-0.3, -0.25) is 9.59 Å². The van der Waals surface area contributed by atoms with E-state index in [1.165, 1.54) is 18.2 Å². The standard InChI is InChI=1S/C17H16Cl2N2O2/c1-10(2)11-3-5-14(6-4-11)20-16(22)17(23)21-15-8-12(18)7-13(19)9-15/h3-10H,1-2H3,(H,20,22)(H,21,23). The zero-order chi connectivity index (χ0) is 17.0. The highest BCUT2D eigenvalue weighted by Crippen LogP contribution is 2.22. The first kappa shape index (κ1) is 17.3. The van der Waals surface area contributed by atoms with Crippen LogP contribution in [0.25, 0.3) is 0 Å². The summed E-state index contributed by atoms with van der Waals surface area (Å²) >= 11 is 11.7. The number of rotatable bonds is 3. The van der Waals surface area contributed by atoms with Crippen LogP contribution in [-0.4, -0.2) is 11.8 Å². The maximum Gasteiger partial charge on any atom is 0.314 e. The van der Waals surface area contributed by atoms with Crippen LogP contribution in [-0.2, 0) is 9.59 Å². The normalized spacial score (nSPS) is 10.5. The zero-order valence-electron chi connectivity index (χ0n) is 12.7. The summed E-state index contributed by atoms with van der Waals surface area (Å²) in [5, 5.41) is 5.74. The summed E-state index contributed by atoms with van der Waals surface area (Å²) in [7, 11) is 0. The third-order valence-electron chi connectivity index (χ3n) is 3.16. The Kier molecular flexibility index (Phi) is 5.64. The predicted molar refractivity (Wildman–Crippen MR) is 94.3 cm³/mol. The molecule has 0 aromatic heterocycles. The largest absolute Gasteiger partial charge is 0.318 e. The lowest BCUT2D eigenvalue weighted by atomic mass is 10.0. The first-order chi connectivity index (χ1) is 10.8. The molecule has 2 amide bonds. The molecule has 0 atom stereocenters. The highest BCUT2D eigenvalue weighted by molar-refractivity contribution is 6.44. The van der Waals surface area contributed by atoms with Gasteiger partial charge in [0.1, 0.15) is 0 Å². The van der Waals surface area contributed by atoms with Crippen LogP contribution in [0.15, 0.2) is 42.5 Å². The quantitative estimate of drug-likeness (QED) is 0.788. The third kappa shape index (κ3) is 4.98. The number of carbonyl (C=O) groups excluding carboxylic acids is 2. The van der Waals surface area contributed by atoms with Gasteiger partial charge >= 0.3 is 11.8 Å². The number of amides is 2. The van der Waals surface area contributed by atoms with Gasteiger partial charge < -0.3 is 10.6 Å². The second-order valence-corrected chi connectivity index (χ2v) is 6.22. The summed E-state index contributed by atoms with van der Waals surface area (Å²) in [6.45, 7) is 4.16. The van der Waals surface area contributed by atoms with Gasteiger partial charge in [0.05, 0.1) is 0 Å². The van der Waals surface area contributed by atoms with Gasteiger partial charge in [0, 0.05) is 21.4 Å². The van der Waals surface area contributed by atoms with Gasteiger partial charge in [0.25, 0.3) is 0 Å². The second kappa shape index (κ2) is 7.49. The molecule has 0 bridgehead atoms. The van der Waals surface area contributed by atoms with E-state index < -0.39 is 11.8 Å². The first-order valence-electron chi connectivity index (χ1n) is 7.03. The Hall–Kier alpha value is -2.04. The van der Waals surface area contributed by atoms with E-state index in [1.807, 2.05) is 12.1 Å². The molecular weight excluding hydrogens is 335 g/mol. The number of halogens is 2. The molecule has 0 saturated carbocycles. The summed E-state index contributed by atoms with van der Waals surface area (Å²) in [6, 6.07) is 11.9. The monoisotopic (exact) mass is 350 g/mol. The Balaban J connectivity index is 2.01. The van der Waals surface area contributed by atoms with Gasteiger partial charge in [-0.25, -0.2) is 0 Å². The topological polar surface area (TPSA) is 58.2 Å². The van der Waals surface area contributed by atoms with Crippen molar-refractivity contribution in [3.63, 3.8) is 0 Å². The fraction of sp³-hybridized carbons (Fsp3) is 0.176. The molecule has 0 aliphatic carbocycles. The summed E-state index contributed by atoms with van der Waals surface area (Å²) < 4.78 is 0. The van der Waals surface area contributed by atoms with Crippen LogP contribution < -0.4 is 10.6 Å². The van der Waals surface area contributed by atoms with Crippen LogP contribution in [0.1, 0.15) is 25.3 Å². The van der Waals surface area contributed by atoms with Crippen LogP contribution in [0.3, 0.4) is 0 Å². The summed E-state index contributed by atoms with van der Waals surface area (Å²) in [5.74, 6) is -1.16. The minimum absolute atomic E-state index is 0.359. The smallest absolute Gasteiger partial charge is 0.314 e. The van der Waals surface area contributed by atoms with E-state index in [-0.39, 0.29) is 0 Å². The van der Waals surface area contributed by atoms with E-state index >= 15 is 0 Å². The van der Waals surface area contributed by atoms with Crippen molar-refractivity contribution in [1.82, 2.24) is 0 Å². The van der Waals surface area contributed by atoms with Crippen LogP contribution in [0.5, 0.6) is 0 Å². The highest BCUT2D eigenvalue weighted by Gasteiger charge is 2.14. The number of carbonyl (C=O) groups is 2. The molecule has 2 rings (SSSR count). The fourth-order valence-corrected chi connectivity index (χ4v) is 2.48. The minimum atomic E-state index is -0.795. The van der Waals surface area contributed by atoms with E-state index in [9.17, 15) is 9.59 Å². The molecule has 0 radical (unpaired) electrons. The lowest BCUT2D eigenvalue weighted by molar-refractivity contribution is -0.132. The van der Waals surface area contributed by atoms with Gasteiger partial charge in [-0.15, -0.1) is 0 Å². The molecule has 0 aliphatic heterocycles. The van der Waals surface area contributed by atoms with Gasteiger partial charge in [0.15, 0.2) is 0 Å². The van der Waals surface area contributed by atoms with Crippen molar-refractivity contribution in [3.8, 4) is 0 Å². The Bertz CT molecular complexity index is 708. The highest BCUT2D eigenvalue weighted by atomic mass is 35.5. The molecule has 2 aromatic carbocycles. The lowest BCUT2D eigenvalue weighted by Crippen LogP contribution is -2.29. The van der Waals surface area contributed by atoms with Crippen molar-refractivity contribution in [3.05, 3.63) is 58.1 Å². The first-order valence-corrected chi connectivity index (χ1v) is 7.79. The van der Waals surface area contributed by atoms with E-state index in [4.69, 9.17) is 23.2 Å². The summed E-state index contributed by atoms with van der Waals surface area (Å²) in [6.07, 6.45) is 0. The number of anilines is 2. The van der Waals surface area contributed by atoms with Crippen molar-refractivity contribution in [1.29, 1.82) is 0 Å². The molecule has 0 fully saturated rings. The summed E-state index contributed by atoms with van der Waals surface area (Å²) in [5.41, 5.74) is 2.07. The Morgan fingerprint density at radius 3 is 1.78 bits per heavy atom. The second-order valence-electron chi connectivity index (χ2n) is 5.34. The van der Waals surface area contributed by atoms with E-state index in [0.29, 0.717) is 27.3 Å². The average Bonchev–Trinajstić information content (AvgIpc) is 2.46. The van der Waals surface area contributed by atoms with Crippen molar-refractivity contribution in [2.24, 2.45) is 0 Å². The van der Waals surface area contributed by atoms with Gasteiger partial charge in [0.2, 0.25) is 0 Å². The molecule has 2 N–H and O–H groups in total. The Labute approximate surface area is 144 Å². The minimum Gasteiger partial charge on any atom is -0.318 e. The van der Waals surface area contributed by atoms with Gasteiger partial charge in [-0.2, -0.15) is 0 Å². The number of hydrogen-bond donors (Lipinski definition) is 2. The number of nitrogens with one attached hydrogen (secondary N) is 2. The molecule has 6 heteroatoms. The van der Waals surface area contributed by atoms with Crippen LogP contribution in [0, 0.1) is 0 Å². The molecule has 0 spiro atoms. The maximum absolute atomic E-state index is 11.9. The molecule has 2 aromatic rings. The van der Waals surface area contributed by atoms with Crippen molar-refractivity contribution in [2.75, 3.05) is 10.6 Å². The predicted octanol–water partition coefficient (Wildman–Crippen LogP) is 4.69. The van der Waals surface area contributed by atoms with Crippen molar-refractivity contribution in [2.45, 2.75) is 19.8 Å². The zero-order valence-corrected chi connectivity index (χ0v) is 14.2. The molecule has 23 heavy (non-hydrogen) atoms. The van der Waals surface area contributed by atoms with E-state index in [1.54, 1.807) is 12.1 Å². The van der Waals surface area contributed by atoms with Crippen molar-refractivity contribution < 1.29 is 9.59 Å². The lowest BCUT2D eigenvalue weighted by Gasteiger charge is -2.09. The SMILES string of the molecule is CC(C)c1ccc(NC(=O)C(=O)Nc2cc(Cl)cc(Cl)c2)cc1. The Morgan fingerprint density at radius 1 is 0.826 bits per heavy atom. The Morgan fingerprint density at radius 2 is 1.30 bits per heavy atom. The number of hydrogen-bond acceptors (Lipinski definition) is 2. The third-order valence-corrected chi connectivity index (χ3v) is 3.60. The molecule has 0 unspecified atom stereocenters. The maximum atomic E-state index is 11.9. The van der Waals surface area contributed by atoms with Crippen molar-refractivity contribution >= 4 is 46.4 Å². The van der Waals surface area contributed by atoms with E-state index in [2.05, 4.69) is 24.5 Å². The fourth-order valence-electron chi connectivity index (χ4n) is 1.95. The molecule has 0 saturated heterocycles. The van der Waals surface area contributed by atoms with Crippen LogP contribution in [0.4, 0.5) is 11.4 Å². The van der Waals surface area contributed by atoms with E-state index in [0.717, 1.165) is 5.56 Å². The van der Waals surface area contributed by atoms with Crippen LogP contribution >= 0.6 is 23.2 Å². The molecule has 0 aliphatic rings. The molecule has 0 heterocycles. The summed E-state index contributed by atoms with van der Waals surface area (Å²) in [4.78, 5) is 23.8. The van der Waals surface area contributed by atoms with Crippen LogP contribution in [0.2, 0.25) is 10.0 Å². The number of benzene rings is 2. The van der Waals surface area contributed by atoms with Gasteiger partial charge in [-0.1, -0.05) is 49.2 Å². The molecule has 4 nitrogen and oxygen atoms in total. The average molecular weight is 351 g/mol. The molecule has 120 valence electrons. The molecular formula is C17H16Cl2N2O2. The van der Waals surface area contributed by atoms with Gasteiger partial charge in [-0.05, 0) is 41.8 Å².